The summed E-state index contributed by atoms with van der Waals surface area (Å²) in [5.74, 6) is 3.52. The van der Waals surface area contributed by atoms with E-state index in [1.165, 1.54) is 91.7 Å². The van der Waals surface area contributed by atoms with Gasteiger partial charge in [0.1, 0.15) is 13.1 Å². The third-order valence-corrected chi connectivity index (χ3v) is 8.18. The fraction of sp³-hybridized carbons (Fsp3) is 1.00. The lowest BCUT2D eigenvalue weighted by molar-refractivity contribution is -0.919. The molecule has 0 radical (unpaired) electrons. The van der Waals surface area contributed by atoms with Crippen molar-refractivity contribution in [3.63, 3.8) is 0 Å². The predicted molar refractivity (Wildman–Crippen MR) is 149 cm³/mol. The van der Waals surface area contributed by atoms with Crippen molar-refractivity contribution in [3.8, 4) is 0 Å². The molecule has 3 heterocycles. The van der Waals surface area contributed by atoms with Crippen molar-refractivity contribution in [1.29, 1.82) is 0 Å². The van der Waals surface area contributed by atoms with E-state index in [-0.39, 0.29) is 0 Å². The van der Waals surface area contributed by atoms with Gasteiger partial charge in [0.2, 0.25) is 0 Å². The van der Waals surface area contributed by atoms with Crippen LogP contribution in [-0.2, 0) is 4.74 Å². The van der Waals surface area contributed by atoms with Crippen molar-refractivity contribution in [2.24, 2.45) is 23.7 Å². The molecule has 5 nitrogen and oxygen atoms in total. The van der Waals surface area contributed by atoms with Gasteiger partial charge in [0, 0.05) is 25.6 Å². The predicted octanol–water partition coefficient (Wildman–Crippen LogP) is 4.28. The summed E-state index contributed by atoms with van der Waals surface area (Å²) in [6, 6.07) is 0. The lowest BCUT2D eigenvalue weighted by atomic mass is 9.86. The highest BCUT2D eigenvalue weighted by Crippen LogP contribution is 2.26. The fourth-order valence-electron chi connectivity index (χ4n) is 5.55. The van der Waals surface area contributed by atoms with Crippen LogP contribution in [0.25, 0.3) is 0 Å². The van der Waals surface area contributed by atoms with Gasteiger partial charge in [-0.1, -0.05) is 41.5 Å². The van der Waals surface area contributed by atoms with Crippen LogP contribution in [0.3, 0.4) is 0 Å². The number of likely N-dealkylation sites (N-methyl/N-ethyl adjacent to an activating group) is 2. The summed E-state index contributed by atoms with van der Waals surface area (Å²) in [4.78, 5) is 2.59. The Bertz CT molecular complexity index is 518. The molecule has 0 unspecified atom stereocenters. The zero-order valence-electron chi connectivity index (χ0n) is 25.4. The Hall–Kier alpha value is -0.200. The van der Waals surface area contributed by atoms with E-state index in [0.717, 1.165) is 36.9 Å². The lowest BCUT2D eigenvalue weighted by Gasteiger charge is -2.39. The third kappa shape index (κ3) is 13.8. The molecule has 34 heavy (non-hydrogen) atoms. The standard InChI is InChI=1S/C10H23N2.C10H22N.C9H20NO/c1-10(2)9-11-5-7-12(3,4)8-6-11;1-9(2)10-5-7-11(3,4)8-6-10;1-9(2)8-10(3)4-6-11-7-5-10/h10H,5-9H2,1-4H3;9-10H,5-8H2,1-4H3;9H,4-8H2,1-3H3/q3*+1. The van der Waals surface area contributed by atoms with Crippen LogP contribution in [-0.4, -0.2) is 132 Å². The van der Waals surface area contributed by atoms with E-state index in [1.807, 2.05) is 0 Å². The molecule has 0 aromatic carbocycles. The Morgan fingerprint density at radius 3 is 1.56 bits per heavy atom. The fourth-order valence-corrected chi connectivity index (χ4v) is 5.55. The van der Waals surface area contributed by atoms with E-state index in [4.69, 9.17) is 4.74 Å². The minimum absolute atomic E-state index is 0.804. The molecule has 0 saturated carbocycles. The molecule has 204 valence electrons. The van der Waals surface area contributed by atoms with Crippen molar-refractivity contribution in [3.05, 3.63) is 0 Å². The summed E-state index contributed by atoms with van der Waals surface area (Å²) in [6.07, 6.45) is 2.87. The van der Waals surface area contributed by atoms with Crippen LogP contribution in [0.15, 0.2) is 0 Å². The molecule has 0 bridgehead atoms. The molecule has 5 heteroatoms. The topological polar surface area (TPSA) is 12.5 Å². The van der Waals surface area contributed by atoms with E-state index in [0.29, 0.717) is 0 Å². The SMILES string of the molecule is CC(C)C1CC[N+](C)(C)CC1.CC(C)CN1CC[N+](C)(C)CC1.CC(C)C[N+]1(C)CCOCC1. The van der Waals surface area contributed by atoms with E-state index >= 15 is 0 Å². The molecule has 3 saturated heterocycles. The van der Waals surface area contributed by atoms with Crippen molar-refractivity contribution >= 4 is 0 Å². The average molecular weight is 486 g/mol. The van der Waals surface area contributed by atoms with Gasteiger partial charge < -0.3 is 18.2 Å². The van der Waals surface area contributed by atoms with Crippen molar-refractivity contribution in [2.45, 2.75) is 54.4 Å². The zero-order valence-corrected chi connectivity index (χ0v) is 25.4. The van der Waals surface area contributed by atoms with Gasteiger partial charge in [0.15, 0.2) is 0 Å². The average Bonchev–Trinajstić information content (AvgIpc) is 2.70. The molecule has 3 rings (SSSR count). The van der Waals surface area contributed by atoms with Crippen molar-refractivity contribution in [2.75, 3.05) is 114 Å². The van der Waals surface area contributed by atoms with Crippen LogP contribution >= 0.6 is 0 Å². The van der Waals surface area contributed by atoms with Crippen LogP contribution in [0, 0.1) is 23.7 Å². The number of piperidine rings is 1. The number of hydrogen-bond donors (Lipinski definition) is 0. The van der Waals surface area contributed by atoms with Gasteiger partial charge >= 0.3 is 0 Å². The maximum absolute atomic E-state index is 5.33. The molecule has 0 aliphatic carbocycles. The first-order chi connectivity index (χ1) is 15.6. The maximum Gasteiger partial charge on any atom is 0.102 e. The molecule has 3 aliphatic rings. The second-order valence-electron chi connectivity index (χ2n) is 14.3. The number of piperazine rings is 1. The van der Waals surface area contributed by atoms with Crippen LogP contribution < -0.4 is 0 Å². The molecular weight excluding hydrogens is 420 g/mol. The maximum atomic E-state index is 5.33. The summed E-state index contributed by atoms with van der Waals surface area (Å²) >= 11 is 0. The molecule has 0 amide bonds. The first-order valence-electron chi connectivity index (χ1n) is 14.4. The highest BCUT2D eigenvalue weighted by molar-refractivity contribution is 4.66. The van der Waals surface area contributed by atoms with Crippen LogP contribution in [0.2, 0.25) is 0 Å². The molecule has 3 aliphatic heterocycles. The number of ether oxygens (including phenoxy) is 1. The van der Waals surface area contributed by atoms with Gasteiger partial charge in [-0.25, -0.2) is 0 Å². The summed E-state index contributed by atoms with van der Waals surface area (Å²) in [7, 11) is 11.7. The molecule has 0 aromatic heterocycles. The highest BCUT2D eigenvalue weighted by Gasteiger charge is 2.28. The highest BCUT2D eigenvalue weighted by atomic mass is 16.5. The van der Waals surface area contributed by atoms with E-state index < -0.39 is 0 Å². The van der Waals surface area contributed by atoms with Gasteiger partial charge in [0.05, 0.1) is 81.2 Å². The Kier molecular flexibility index (Phi) is 13.6. The summed E-state index contributed by atoms with van der Waals surface area (Å²) < 4.78 is 8.98. The van der Waals surface area contributed by atoms with Gasteiger partial charge in [-0.3, -0.25) is 4.90 Å². The molecule has 0 spiro atoms. The van der Waals surface area contributed by atoms with Gasteiger partial charge in [-0.15, -0.1) is 0 Å². The number of hydrogen-bond acceptors (Lipinski definition) is 2. The normalized spacial score (nSPS) is 24.9. The smallest absolute Gasteiger partial charge is 0.102 e. The monoisotopic (exact) mass is 486 g/mol. The zero-order chi connectivity index (χ0) is 26.0. The van der Waals surface area contributed by atoms with E-state index in [9.17, 15) is 0 Å². The van der Waals surface area contributed by atoms with Crippen LogP contribution in [0.5, 0.6) is 0 Å². The molecule has 3 fully saturated rings. The van der Waals surface area contributed by atoms with Gasteiger partial charge in [-0.2, -0.15) is 0 Å². The van der Waals surface area contributed by atoms with Crippen LogP contribution in [0.4, 0.5) is 0 Å². The molecule has 0 atom stereocenters. The summed E-state index contributed by atoms with van der Waals surface area (Å²) in [5.41, 5.74) is 0. The Labute approximate surface area is 215 Å². The largest absolute Gasteiger partial charge is 0.370 e. The Morgan fingerprint density at radius 1 is 0.676 bits per heavy atom. The molecule has 0 N–H and O–H groups in total. The second kappa shape index (κ2) is 14.5. The Balaban J connectivity index is 0.000000255. The van der Waals surface area contributed by atoms with Gasteiger partial charge in [-0.05, 0) is 30.6 Å². The summed E-state index contributed by atoms with van der Waals surface area (Å²) in [5, 5.41) is 0. The molecular formula is C29H65N4O+3. The van der Waals surface area contributed by atoms with Crippen LogP contribution in [0.1, 0.15) is 54.4 Å². The quantitative estimate of drug-likeness (QED) is 0.539. The minimum atomic E-state index is 0.804. The third-order valence-electron chi connectivity index (χ3n) is 8.18. The summed E-state index contributed by atoms with van der Waals surface area (Å²) in [6.45, 7) is 28.7. The van der Waals surface area contributed by atoms with E-state index in [2.05, 4.69) is 81.7 Å². The number of likely N-dealkylation sites (tertiary alicyclic amines) is 1. The minimum Gasteiger partial charge on any atom is -0.370 e. The van der Waals surface area contributed by atoms with Crippen molar-refractivity contribution < 1.29 is 18.2 Å². The second-order valence-corrected chi connectivity index (χ2v) is 14.3. The lowest BCUT2D eigenvalue weighted by Crippen LogP contribution is -2.55. The van der Waals surface area contributed by atoms with Gasteiger partial charge in [0.25, 0.3) is 0 Å². The Morgan fingerprint density at radius 2 is 1.15 bits per heavy atom. The van der Waals surface area contributed by atoms with Crippen molar-refractivity contribution in [1.82, 2.24) is 4.90 Å². The number of quaternary nitrogens is 3. The number of morpholine rings is 1. The number of nitrogens with zero attached hydrogens (tertiary/aromatic N) is 4. The number of rotatable bonds is 5. The molecule has 0 aromatic rings. The first kappa shape index (κ1) is 31.8. The first-order valence-corrected chi connectivity index (χ1v) is 14.4. The van der Waals surface area contributed by atoms with E-state index in [1.54, 1.807) is 0 Å².